The number of hydrogen-bond donors (Lipinski definition) is 2. The van der Waals surface area contributed by atoms with Crippen molar-refractivity contribution in [1.29, 1.82) is 0 Å². The van der Waals surface area contributed by atoms with Gasteiger partial charge in [-0.25, -0.2) is 0 Å². The highest BCUT2D eigenvalue weighted by molar-refractivity contribution is 7.12. The third-order valence-corrected chi connectivity index (χ3v) is 6.43. The molecule has 2 aromatic carbocycles. The van der Waals surface area contributed by atoms with Gasteiger partial charge in [-0.3, -0.25) is 14.4 Å². The van der Waals surface area contributed by atoms with Crippen molar-refractivity contribution >= 4 is 40.4 Å². The number of carbonyl (C=O) groups excluding carboxylic acids is 3. The molecule has 1 atom stereocenters. The summed E-state index contributed by atoms with van der Waals surface area (Å²) in [5.41, 5.74) is 1.76. The van der Waals surface area contributed by atoms with Crippen LogP contribution in [0.4, 0.5) is 11.4 Å². The number of methoxy groups -OCH3 is 1. The van der Waals surface area contributed by atoms with Crippen LogP contribution in [0.25, 0.3) is 0 Å². The van der Waals surface area contributed by atoms with Gasteiger partial charge in [0.25, 0.3) is 11.8 Å². The Labute approximate surface area is 196 Å². The number of piperidine rings is 1. The normalized spacial score (nSPS) is 15.5. The molecule has 1 aliphatic rings. The Kier molecular flexibility index (Phi) is 7.04. The lowest BCUT2D eigenvalue weighted by molar-refractivity contribution is -0.121. The maximum atomic E-state index is 12.8. The maximum absolute atomic E-state index is 12.8. The predicted octanol–water partition coefficient (Wildman–Crippen LogP) is 4.50. The van der Waals surface area contributed by atoms with E-state index in [1.165, 1.54) is 11.3 Å². The standard InChI is InChI=1S/C25H25N3O4S/c1-32-21-12-10-20(11-13-21)26-23(29)17-6-8-19(9-7-17)27-24(30)18-4-2-14-28(16-18)25(31)22-5-3-15-33-22/h3,5-13,15,18H,2,4,14,16H2,1H3,(H,26,29)(H,27,30). The number of carbonyl (C=O) groups is 3. The van der Waals surface area contributed by atoms with Gasteiger partial charge in [-0.05, 0) is 72.8 Å². The Balaban J connectivity index is 1.32. The second-order valence-corrected chi connectivity index (χ2v) is 8.76. The molecule has 7 nitrogen and oxygen atoms in total. The summed E-state index contributed by atoms with van der Waals surface area (Å²) in [7, 11) is 1.59. The van der Waals surface area contributed by atoms with Gasteiger partial charge in [0.1, 0.15) is 5.75 Å². The fraction of sp³-hybridized carbons (Fsp3) is 0.240. The minimum atomic E-state index is -0.263. The summed E-state index contributed by atoms with van der Waals surface area (Å²) in [4.78, 5) is 40.3. The molecule has 3 amide bonds. The molecule has 0 radical (unpaired) electrons. The minimum Gasteiger partial charge on any atom is -0.497 e. The maximum Gasteiger partial charge on any atom is 0.263 e. The summed E-state index contributed by atoms with van der Waals surface area (Å²) < 4.78 is 5.12. The quantitative estimate of drug-likeness (QED) is 0.563. The van der Waals surface area contributed by atoms with Gasteiger partial charge in [-0.15, -0.1) is 11.3 Å². The zero-order valence-corrected chi connectivity index (χ0v) is 19.1. The topological polar surface area (TPSA) is 87.7 Å². The fourth-order valence-corrected chi connectivity index (χ4v) is 4.45. The number of amides is 3. The molecular formula is C25H25N3O4S. The minimum absolute atomic E-state index is 0.0188. The molecule has 2 N–H and O–H groups in total. The van der Waals surface area contributed by atoms with Gasteiger partial charge in [0.05, 0.1) is 17.9 Å². The number of benzene rings is 2. The van der Waals surface area contributed by atoms with E-state index in [2.05, 4.69) is 10.6 Å². The Morgan fingerprint density at radius 2 is 1.67 bits per heavy atom. The Morgan fingerprint density at radius 3 is 2.33 bits per heavy atom. The van der Waals surface area contributed by atoms with E-state index in [9.17, 15) is 14.4 Å². The lowest BCUT2D eigenvalue weighted by Gasteiger charge is -2.31. The largest absolute Gasteiger partial charge is 0.497 e. The number of anilines is 2. The first-order valence-electron chi connectivity index (χ1n) is 10.7. The molecular weight excluding hydrogens is 438 g/mol. The van der Waals surface area contributed by atoms with Gasteiger partial charge < -0.3 is 20.3 Å². The van der Waals surface area contributed by atoms with Crippen molar-refractivity contribution in [1.82, 2.24) is 4.90 Å². The highest BCUT2D eigenvalue weighted by atomic mass is 32.1. The Bertz CT molecular complexity index is 1110. The van der Waals surface area contributed by atoms with Gasteiger partial charge in [-0.2, -0.15) is 0 Å². The van der Waals surface area contributed by atoms with Crippen LogP contribution in [-0.2, 0) is 4.79 Å². The van der Waals surface area contributed by atoms with E-state index in [0.717, 1.165) is 12.8 Å². The zero-order valence-electron chi connectivity index (χ0n) is 18.2. The number of hydrogen-bond acceptors (Lipinski definition) is 5. The van der Waals surface area contributed by atoms with Crippen molar-refractivity contribution in [2.45, 2.75) is 12.8 Å². The highest BCUT2D eigenvalue weighted by Gasteiger charge is 2.29. The van der Waals surface area contributed by atoms with Gasteiger partial charge in [-0.1, -0.05) is 6.07 Å². The number of rotatable bonds is 6. The second-order valence-electron chi connectivity index (χ2n) is 7.82. The summed E-state index contributed by atoms with van der Waals surface area (Å²) in [5.74, 6) is 0.0719. The van der Waals surface area contributed by atoms with Crippen molar-refractivity contribution in [3.8, 4) is 5.75 Å². The number of nitrogens with zero attached hydrogens (tertiary/aromatic N) is 1. The molecule has 1 unspecified atom stereocenters. The summed E-state index contributed by atoms with van der Waals surface area (Å²) in [6.45, 7) is 1.07. The van der Waals surface area contributed by atoms with Crippen molar-refractivity contribution in [3.63, 3.8) is 0 Å². The number of ether oxygens (including phenoxy) is 1. The third kappa shape index (κ3) is 5.59. The van der Waals surface area contributed by atoms with E-state index >= 15 is 0 Å². The zero-order chi connectivity index (χ0) is 23.2. The SMILES string of the molecule is COc1ccc(NC(=O)c2ccc(NC(=O)C3CCCN(C(=O)c4cccs4)C3)cc2)cc1. The number of likely N-dealkylation sites (tertiary alicyclic amines) is 1. The van der Waals surface area contributed by atoms with Gasteiger partial charge >= 0.3 is 0 Å². The van der Waals surface area contributed by atoms with Crippen molar-refractivity contribution in [3.05, 3.63) is 76.5 Å². The molecule has 0 bridgehead atoms. The average Bonchev–Trinajstić information content (AvgIpc) is 3.39. The van der Waals surface area contributed by atoms with Crippen molar-refractivity contribution in [2.24, 2.45) is 5.92 Å². The molecule has 1 aliphatic heterocycles. The number of thiophene rings is 1. The molecule has 0 spiro atoms. The number of nitrogens with one attached hydrogen (secondary N) is 2. The summed E-state index contributed by atoms with van der Waals surface area (Å²) >= 11 is 1.41. The van der Waals surface area contributed by atoms with E-state index in [4.69, 9.17) is 4.74 Å². The molecule has 33 heavy (non-hydrogen) atoms. The van der Waals surface area contributed by atoms with Crippen LogP contribution >= 0.6 is 11.3 Å². The molecule has 1 fully saturated rings. The lowest BCUT2D eigenvalue weighted by Crippen LogP contribution is -2.43. The monoisotopic (exact) mass is 463 g/mol. The Morgan fingerprint density at radius 1 is 0.970 bits per heavy atom. The molecule has 1 aromatic heterocycles. The summed E-state index contributed by atoms with van der Waals surface area (Å²) in [6.07, 6.45) is 1.53. The van der Waals surface area contributed by atoms with Gasteiger partial charge in [0, 0.05) is 30.0 Å². The van der Waals surface area contributed by atoms with Crippen LogP contribution in [0.2, 0.25) is 0 Å². The molecule has 170 valence electrons. The van der Waals surface area contributed by atoms with Gasteiger partial charge in [0.2, 0.25) is 5.91 Å². The average molecular weight is 464 g/mol. The van der Waals surface area contributed by atoms with Crippen molar-refractivity contribution < 1.29 is 19.1 Å². The second kappa shape index (κ2) is 10.3. The van der Waals surface area contributed by atoms with E-state index in [1.54, 1.807) is 60.5 Å². The fourth-order valence-electron chi connectivity index (χ4n) is 3.76. The molecule has 1 saturated heterocycles. The summed E-state index contributed by atoms with van der Waals surface area (Å²) in [5, 5.41) is 7.62. The van der Waals surface area contributed by atoms with Crippen LogP contribution in [0, 0.1) is 5.92 Å². The Hall–Kier alpha value is -3.65. The van der Waals surface area contributed by atoms with Crippen LogP contribution in [-0.4, -0.2) is 42.8 Å². The van der Waals surface area contributed by atoms with Crippen LogP contribution < -0.4 is 15.4 Å². The molecule has 0 aliphatic carbocycles. The molecule has 3 aromatic rings. The van der Waals surface area contributed by atoms with E-state index in [-0.39, 0.29) is 23.6 Å². The first kappa shape index (κ1) is 22.5. The van der Waals surface area contributed by atoms with Crippen LogP contribution in [0.15, 0.2) is 66.0 Å². The molecule has 2 heterocycles. The van der Waals surface area contributed by atoms with E-state index < -0.39 is 0 Å². The smallest absolute Gasteiger partial charge is 0.263 e. The first-order valence-corrected chi connectivity index (χ1v) is 11.6. The van der Waals surface area contributed by atoms with Crippen molar-refractivity contribution in [2.75, 3.05) is 30.8 Å². The van der Waals surface area contributed by atoms with Gasteiger partial charge in [0.15, 0.2) is 0 Å². The molecule has 0 saturated carbocycles. The van der Waals surface area contributed by atoms with Crippen LogP contribution in [0.1, 0.15) is 32.9 Å². The lowest BCUT2D eigenvalue weighted by atomic mass is 9.96. The molecule has 8 heteroatoms. The van der Waals surface area contributed by atoms with E-state index in [0.29, 0.717) is 40.7 Å². The highest BCUT2D eigenvalue weighted by Crippen LogP contribution is 2.22. The first-order chi connectivity index (χ1) is 16.0. The van der Waals surface area contributed by atoms with E-state index in [1.807, 2.05) is 17.5 Å². The van der Waals surface area contributed by atoms with Crippen LogP contribution in [0.3, 0.4) is 0 Å². The van der Waals surface area contributed by atoms with Crippen LogP contribution in [0.5, 0.6) is 5.75 Å². The predicted molar refractivity (Wildman–Crippen MR) is 129 cm³/mol. The summed E-state index contributed by atoms with van der Waals surface area (Å²) in [6, 6.07) is 17.5. The third-order valence-electron chi connectivity index (χ3n) is 5.57. The molecule has 4 rings (SSSR count).